The Kier molecular flexibility index (Phi) is 9.08. The van der Waals surface area contributed by atoms with Gasteiger partial charge in [0.05, 0.1) is 13.2 Å². The number of ether oxygens (including phenoxy) is 1. The molecule has 22 heavy (non-hydrogen) atoms. The molecule has 128 valence electrons. The molecule has 1 saturated heterocycles. The Balaban J connectivity index is 2.26. The van der Waals surface area contributed by atoms with E-state index in [4.69, 9.17) is 10.5 Å². The Hall–Kier alpha value is -1.14. The molecule has 1 atom stereocenters. The molecular formula is C16H31N3O3. The van der Waals surface area contributed by atoms with Crippen molar-refractivity contribution in [1.82, 2.24) is 10.2 Å². The van der Waals surface area contributed by atoms with Gasteiger partial charge in [-0.1, -0.05) is 26.7 Å². The highest BCUT2D eigenvalue weighted by Crippen LogP contribution is 2.10. The number of morpholine rings is 1. The molecule has 6 heteroatoms. The maximum absolute atomic E-state index is 12.1. The van der Waals surface area contributed by atoms with E-state index in [1.807, 2.05) is 13.8 Å². The molecule has 0 spiro atoms. The zero-order chi connectivity index (χ0) is 16.4. The van der Waals surface area contributed by atoms with Gasteiger partial charge < -0.3 is 20.7 Å². The van der Waals surface area contributed by atoms with E-state index in [2.05, 4.69) is 5.32 Å². The minimum Gasteiger partial charge on any atom is -0.365 e. The number of amides is 2. The van der Waals surface area contributed by atoms with E-state index in [0.29, 0.717) is 38.6 Å². The Morgan fingerprint density at radius 2 is 2.00 bits per heavy atom. The molecule has 1 rings (SSSR count). The summed E-state index contributed by atoms with van der Waals surface area (Å²) in [5.41, 5.74) is 5.44. The van der Waals surface area contributed by atoms with E-state index >= 15 is 0 Å². The number of nitrogens with one attached hydrogen (secondary N) is 1. The summed E-state index contributed by atoms with van der Waals surface area (Å²) in [6.07, 6.45) is 4.15. The van der Waals surface area contributed by atoms with E-state index in [9.17, 15) is 9.59 Å². The lowest BCUT2D eigenvalue weighted by molar-refractivity contribution is -0.147. The first-order valence-electron chi connectivity index (χ1n) is 8.41. The predicted molar refractivity (Wildman–Crippen MR) is 86.3 cm³/mol. The van der Waals surface area contributed by atoms with Gasteiger partial charge in [-0.25, -0.2) is 0 Å². The fourth-order valence-corrected chi connectivity index (χ4v) is 2.46. The lowest BCUT2D eigenvalue weighted by Gasteiger charge is -2.32. The summed E-state index contributed by atoms with van der Waals surface area (Å²) >= 11 is 0. The summed E-state index contributed by atoms with van der Waals surface area (Å²) < 4.78 is 5.50. The van der Waals surface area contributed by atoms with Crippen LogP contribution in [-0.4, -0.2) is 55.6 Å². The molecule has 0 saturated carbocycles. The van der Waals surface area contributed by atoms with Crippen LogP contribution in [-0.2, 0) is 14.3 Å². The van der Waals surface area contributed by atoms with E-state index in [0.717, 1.165) is 32.2 Å². The van der Waals surface area contributed by atoms with Crippen molar-refractivity contribution in [3.63, 3.8) is 0 Å². The maximum atomic E-state index is 12.1. The monoisotopic (exact) mass is 313 g/mol. The van der Waals surface area contributed by atoms with Crippen molar-refractivity contribution in [2.75, 3.05) is 32.8 Å². The number of rotatable bonds is 9. The van der Waals surface area contributed by atoms with Crippen molar-refractivity contribution >= 4 is 11.8 Å². The summed E-state index contributed by atoms with van der Waals surface area (Å²) in [7, 11) is 0. The largest absolute Gasteiger partial charge is 0.365 e. The molecule has 0 aromatic rings. The molecule has 1 aliphatic heterocycles. The van der Waals surface area contributed by atoms with Crippen LogP contribution in [0.2, 0.25) is 0 Å². The van der Waals surface area contributed by atoms with Crippen LogP contribution in [0, 0.1) is 5.92 Å². The van der Waals surface area contributed by atoms with E-state index in [1.54, 1.807) is 4.90 Å². The van der Waals surface area contributed by atoms with E-state index < -0.39 is 6.10 Å². The molecule has 2 amide bonds. The number of carbonyl (C=O) groups is 2. The van der Waals surface area contributed by atoms with Gasteiger partial charge >= 0.3 is 0 Å². The molecule has 1 aliphatic rings. The number of carbonyl (C=O) groups excluding carboxylic acids is 2. The third-order valence-electron chi connectivity index (χ3n) is 3.72. The zero-order valence-electron chi connectivity index (χ0n) is 14.0. The van der Waals surface area contributed by atoms with Crippen LogP contribution in [0.4, 0.5) is 0 Å². The van der Waals surface area contributed by atoms with Crippen molar-refractivity contribution in [1.29, 1.82) is 0 Å². The third kappa shape index (κ3) is 7.22. The van der Waals surface area contributed by atoms with Crippen molar-refractivity contribution in [3.8, 4) is 0 Å². The normalized spacial score (nSPS) is 18.5. The van der Waals surface area contributed by atoms with Gasteiger partial charge in [0.25, 0.3) is 5.91 Å². The molecule has 1 heterocycles. The summed E-state index contributed by atoms with van der Waals surface area (Å²) in [6.45, 7) is 6.80. The molecule has 3 N–H and O–H groups in total. The topological polar surface area (TPSA) is 84.7 Å². The SMILES string of the molecule is CC(C)CC(=O)N1CCOC(C(=O)NCCCCCCN)C1. The minimum absolute atomic E-state index is 0.109. The fourth-order valence-electron chi connectivity index (χ4n) is 2.46. The molecule has 0 bridgehead atoms. The Morgan fingerprint density at radius 1 is 1.27 bits per heavy atom. The van der Waals surface area contributed by atoms with Crippen LogP contribution in [0.3, 0.4) is 0 Å². The summed E-state index contributed by atoms with van der Waals surface area (Å²) in [6, 6.07) is 0. The van der Waals surface area contributed by atoms with Crippen LogP contribution in [0.15, 0.2) is 0 Å². The summed E-state index contributed by atoms with van der Waals surface area (Å²) in [4.78, 5) is 25.9. The van der Waals surface area contributed by atoms with Gasteiger partial charge in [-0.15, -0.1) is 0 Å². The molecule has 0 radical (unpaired) electrons. The van der Waals surface area contributed by atoms with Crippen LogP contribution >= 0.6 is 0 Å². The van der Waals surface area contributed by atoms with Crippen LogP contribution in [0.5, 0.6) is 0 Å². The lowest BCUT2D eigenvalue weighted by Crippen LogP contribution is -2.51. The minimum atomic E-state index is -0.533. The number of unbranched alkanes of at least 4 members (excludes halogenated alkanes) is 3. The van der Waals surface area contributed by atoms with Crippen molar-refractivity contribution in [3.05, 3.63) is 0 Å². The number of nitrogens with zero attached hydrogens (tertiary/aromatic N) is 1. The number of nitrogens with two attached hydrogens (primary N) is 1. The Morgan fingerprint density at radius 3 is 2.68 bits per heavy atom. The first kappa shape index (κ1) is 18.9. The molecule has 0 aromatic carbocycles. The highest BCUT2D eigenvalue weighted by molar-refractivity contribution is 5.83. The zero-order valence-corrected chi connectivity index (χ0v) is 14.0. The second-order valence-corrected chi connectivity index (χ2v) is 6.29. The average Bonchev–Trinajstić information content (AvgIpc) is 2.50. The first-order chi connectivity index (χ1) is 10.5. The second-order valence-electron chi connectivity index (χ2n) is 6.29. The Bertz CT molecular complexity index is 348. The number of hydrogen-bond acceptors (Lipinski definition) is 4. The van der Waals surface area contributed by atoms with Crippen molar-refractivity contribution in [2.45, 2.75) is 52.1 Å². The molecule has 1 fully saturated rings. The molecule has 0 aromatic heterocycles. The molecule has 6 nitrogen and oxygen atoms in total. The smallest absolute Gasteiger partial charge is 0.250 e. The predicted octanol–water partition coefficient (Wildman–Crippen LogP) is 0.895. The molecular weight excluding hydrogens is 282 g/mol. The van der Waals surface area contributed by atoms with Gasteiger partial charge in [-0.2, -0.15) is 0 Å². The average molecular weight is 313 g/mol. The van der Waals surface area contributed by atoms with Gasteiger partial charge in [0.15, 0.2) is 6.10 Å². The summed E-state index contributed by atoms with van der Waals surface area (Å²) in [5.74, 6) is 0.329. The quantitative estimate of drug-likeness (QED) is 0.619. The number of hydrogen-bond donors (Lipinski definition) is 2. The van der Waals surface area contributed by atoms with Crippen molar-refractivity contribution < 1.29 is 14.3 Å². The highest BCUT2D eigenvalue weighted by atomic mass is 16.5. The van der Waals surface area contributed by atoms with Gasteiger partial charge in [0.1, 0.15) is 0 Å². The maximum Gasteiger partial charge on any atom is 0.250 e. The second kappa shape index (κ2) is 10.6. The van der Waals surface area contributed by atoms with E-state index in [-0.39, 0.29) is 11.8 Å². The van der Waals surface area contributed by atoms with Crippen LogP contribution in [0.1, 0.15) is 46.0 Å². The van der Waals surface area contributed by atoms with Crippen LogP contribution < -0.4 is 11.1 Å². The Labute approximate surface area is 133 Å². The first-order valence-corrected chi connectivity index (χ1v) is 8.41. The van der Waals surface area contributed by atoms with E-state index in [1.165, 1.54) is 0 Å². The van der Waals surface area contributed by atoms with Crippen LogP contribution in [0.25, 0.3) is 0 Å². The fraction of sp³-hybridized carbons (Fsp3) is 0.875. The molecule has 1 unspecified atom stereocenters. The van der Waals surface area contributed by atoms with Crippen molar-refractivity contribution in [2.24, 2.45) is 11.7 Å². The third-order valence-corrected chi connectivity index (χ3v) is 3.72. The standard InChI is InChI=1S/C16H31N3O3/c1-13(2)11-15(20)19-9-10-22-14(12-19)16(21)18-8-6-4-3-5-7-17/h13-14H,3-12,17H2,1-2H3,(H,18,21). The lowest BCUT2D eigenvalue weighted by atomic mass is 10.1. The van der Waals surface area contributed by atoms with Gasteiger partial charge in [0, 0.05) is 19.5 Å². The highest BCUT2D eigenvalue weighted by Gasteiger charge is 2.29. The van der Waals surface area contributed by atoms with Gasteiger partial charge in [-0.3, -0.25) is 9.59 Å². The van der Waals surface area contributed by atoms with Gasteiger partial charge in [-0.05, 0) is 25.3 Å². The molecule has 0 aliphatic carbocycles. The summed E-state index contributed by atoms with van der Waals surface area (Å²) in [5, 5.41) is 2.90. The van der Waals surface area contributed by atoms with Gasteiger partial charge in [0.2, 0.25) is 5.91 Å².